The standard InChI is InChI=1S/C27H50O3Si2/c1-11-31(12-2,13-3)29-27(10)20-19-24(23-21-22(7)17-18-25(23)27)26(8,9)28-30-32(14-4,15-5)16-6/h17-18,21,24H,11-16,19-20H2,1-10H3. The smallest absolute Gasteiger partial charge is 0.238 e. The second-order valence-corrected chi connectivity index (χ2v) is 20.1. The van der Waals surface area contributed by atoms with Crippen LogP contribution < -0.4 is 0 Å². The summed E-state index contributed by atoms with van der Waals surface area (Å²) in [4.78, 5) is 6.37. The van der Waals surface area contributed by atoms with Crippen molar-refractivity contribution in [3.8, 4) is 0 Å². The zero-order valence-corrected chi connectivity index (χ0v) is 24.7. The summed E-state index contributed by atoms with van der Waals surface area (Å²) in [5, 5.41) is 0. The van der Waals surface area contributed by atoms with E-state index in [2.05, 4.69) is 87.4 Å². The van der Waals surface area contributed by atoms with Gasteiger partial charge in [-0.15, -0.1) is 0 Å². The van der Waals surface area contributed by atoms with Crippen LogP contribution in [0.2, 0.25) is 36.3 Å². The molecule has 0 amide bonds. The van der Waals surface area contributed by atoms with Gasteiger partial charge in [0.05, 0.1) is 5.60 Å². The Hall–Kier alpha value is -0.466. The highest BCUT2D eigenvalue weighted by Gasteiger charge is 2.47. The molecule has 0 spiro atoms. The van der Waals surface area contributed by atoms with E-state index in [4.69, 9.17) is 13.9 Å². The van der Waals surface area contributed by atoms with Gasteiger partial charge < -0.3 is 4.43 Å². The molecular weight excluding hydrogens is 428 g/mol. The number of hydrogen-bond acceptors (Lipinski definition) is 3. The summed E-state index contributed by atoms with van der Waals surface area (Å²) in [5.74, 6) is 0.298. The molecule has 2 unspecified atom stereocenters. The molecule has 1 aliphatic carbocycles. The summed E-state index contributed by atoms with van der Waals surface area (Å²) in [5.41, 5.74) is 3.48. The van der Waals surface area contributed by atoms with Crippen LogP contribution in [0.15, 0.2) is 18.2 Å². The van der Waals surface area contributed by atoms with Gasteiger partial charge in [-0.25, -0.2) is 4.89 Å². The third-order valence-electron chi connectivity index (χ3n) is 8.64. The van der Waals surface area contributed by atoms with Gasteiger partial charge in [-0.1, -0.05) is 65.3 Å². The third kappa shape index (κ3) is 5.60. The normalized spacial score (nSPS) is 22.1. The molecule has 1 aliphatic rings. The van der Waals surface area contributed by atoms with Gasteiger partial charge in [0, 0.05) is 5.92 Å². The highest BCUT2D eigenvalue weighted by Crippen LogP contribution is 2.50. The topological polar surface area (TPSA) is 27.7 Å². The van der Waals surface area contributed by atoms with Crippen molar-refractivity contribution in [3.05, 3.63) is 34.9 Å². The monoisotopic (exact) mass is 478 g/mol. The van der Waals surface area contributed by atoms with Gasteiger partial charge in [0.25, 0.3) is 0 Å². The molecule has 1 aromatic rings. The van der Waals surface area contributed by atoms with Crippen LogP contribution in [0.25, 0.3) is 0 Å². The first-order valence-corrected chi connectivity index (χ1v) is 18.2. The molecule has 0 heterocycles. The number of hydrogen-bond donors (Lipinski definition) is 0. The Labute approximate surface area is 200 Å². The molecule has 0 bridgehead atoms. The number of fused-ring (bicyclic) bond motifs is 1. The van der Waals surface area contributed by atoms with Crippen molar-refractivity contribution in [2.75, 3.05) is 0 Å². The van der Waals surface area contributed by atoms with Crippen LogP contribution in [0, 0.1) is 6.92 Å². The summed E-state index contributed by atoms with van der Waals surface area (Å²) in [7, 11) is -3.54. The number of benzene rings is 1. The van der Waals surface area contributed by atoms with Gasteiger partial charge in [-0.05, 0) is 87.9 Å². The zero-order chi connectivity index (χ0) is 24.2. The Balaban J connectivity index is 2.41. The van der Waals surface area contributed by atoms with Gasteiger partial charge in [-0.3, -0.25) is 4.58 Å². The molecule has 32 heavy (non-hydrogen) atoms. The molecule has 0 radical (unpaired) electrons. The van der Waals surface area contributed by atoms with Gasteiger partial charge in [0.2, 0.25) is 8.32 Å². The van der Waals surface area contributed by atoms with E-state index >= 15 is 0 Å². The molecule has 0 aromatic heterocycles. The van der Waals surface area contributed by atoms with Gasteiger partial charge in [0.1, 0.15) is 5.60 Å². The van der Waals surface area contributed by atoms with Gasteiger partial charge in [-0.2, -0.15) is 0 Å². The van der Waals surface area contributed by atoms with Crippen LogP contribution in [-0.2, 0) is 19.5 Å². The van der Waals surface area contributed by atoms with Crippen molar-refractivity contribution in [1.29, 1.82) is 0 Å². The summed E-state index contributed by atoms with van der Waals surface area (Å²) in [6.07, 6.45) is 2.09. The first-order chi connectivity index (χ1) is 15.0. The number of rotatable bonds is 12. The summed E-state index contributed by atoms with van der Waals surface area (Å²) in [6, 6.07) is 13.8. The van der Waals surface area contributed by atoms with Crippen molar-refractivity contribution in [3.63, 3.8) is 0 Å². The van der Waals surface area contributed by atoms with E-state index in [-0.39, 0.29) is 11.2 Å². The lowest BCUT2D eigenvalue weighted by atomic mass is 9.69. The molecule has 2 rings (SSSR count). The Morgan fingerprint density at radius 1 is 0.906 bits per heavy atom. The predicted molar refractivity (Wildman–Crippen MR) is 142 cm³/mol. The molecule has 0 fully saturated rings. The molecule has 184 valence electrons. The molecule has 0 N–H and O–H groups in total. The van der Waals surface area contributed by atoms with Crippen LogP contribution in [0.4, 0.5) is 0 Å². The van der Waals surface area contributed by atoms with E-state index in [1.54, 1.807) is 0 Å². The highest BCUT2D eigenvalue weighted by molar-refractivity contribution is 6.73. The van der Waals surface area contributed by atoms with E-state index in [9.17, 15) is 0 Å². The van der Waals surface area contributed by atoms with E-state index < -0.39 is 16.6 Å². The molecule has 0 saturated heterocycles. The average molecular weight is 479 g/mol. The van der Waals surface area contributed by atoms with Crippen LogP contribution >= 0.6 is 0 Å². The van der Waals surface area contributed by atoms with Crippen molar-refractivity contribution >= 4 is 16.6 Å². The van der Waals surface area contributed by atoms with E-state index in [1.165, 1.54) is 34.8 Å². The first kappa shape index (κ1) is 27.8. The molecule has 3 nitrogen and oxygen atoms in total. The average Bonchev–Trinajstić information content (AvgIpc) is 2.79. The predicted octanol–water partition coefficient (Wildman–Crippen LogP) is 8.84. The summed E-state index contributed by atoms with van der Waals surface area (Å²) in [6.45, 7) is 22.7. The van der Waals surface area contributed by atoms with Crippen LogP contribution in [0.3, 0.4) is 0 Å². The zero-order valence-electron chi connectivity index (χ0n) is 22.7. The van der Waals surface area contributed by atoms with Crippen molar-refractivity contribution in [2.24, 2.45) is 0 Å². The molecule has 5 heteroatoms. The molecule has 0 aliphatic heterocycles. The van der Waals surface area contributed by atoms with E-state index in [0.29, 0.717) is 5.92 Å². The Kier molecular flexibility index (Phi) is 9.42. The highest BCUT2D eigenvalue weighted by atomic mass is 28.4. The van der Waals surface area contributed by atoms with Crippen LogP contribution in [0.1, 0.15) is 97.8 Å². The van der Waals surface area contributed by atoms with Gasteiger partial charge >= 0.3 is 0 Å². The Bertz CT molecular complexity index is 724. The van der Waals surface area contributed by atoms with Gasteiger partial charge in [0.15, 0.2) is 8.32 Å². The first-order valence-electron chi connectivity index (χ1n) is 13.2. The summed E-state index contributed by atoms with van der Waals surface area (Å²) < 4.78 is 13.5. The maximum absolute atomic E-state index is 7.18. The molecular formula is C27H50O3Si2. The second kappa shape index (κ2) is 10.9. The SMILES string of the molecule is CC[Si](CC)(CC)OOC(C)(C)C1CCC(C)(O[Si](CC)(CC)CC)c2ccc(C)cc21. The minimum Gasteiger partial charge on any atom is -0.408 e. The maximum atomic E-state index is 7.18. The lowest BCUT2D eigenvalue weighted by Gasteiger charge is -2.48. The minimum atomic E-state index is -1.81. The minimum absolute atomic E-state index is 0.209. The van der Waals surface area contributed by atoms with E-state index in [1.807, 2.05) is 0 Å². The second-order valence-electron chi connectivity index (χ2n) is 10.8. The fraction of sp³-hybridized carbons (Fsp3) is 0.778. The molecule has 0 saturated carbocycles. The maximum Gasteiger partial charge on any atom is 0.238 e. The van der Waals surface area contributed by atoms with Crippen LogP contribution in [0.5, 0.6) is 0 Å². The fourth-order valence-corrected chi connectivity index (χ4v) is 11.0. The Morgan fingerprint density at radius 2 is 1.44 bits per heavy atom. The largest absolute Gasteiger partial charge is 0.408 e. The lowest BCUT2D eigenvalue weighted by molar-refractivity contribution is -0.300. The molecule has 2 atom stereocenters. The van der Waals surface area contributed by atoms with Crippen molar-refractivity contribution in [2.45, 2.75) is 135 Å². The molecule has 1 aromatic carbocycles. The summed E-state index contributed by atoms with van der Waals surface area (Å²) >= 11 is 0. The fourth-order valence-electron chi connectivity index (χ4n) is 5.62. The van der Waals surface area contributed by atoms with Crippen LogP contribution in [-0.4, -0.2) is 22.2 Å². The van der Waals surface area contributed by atoms with Crippen molar-refractivity contribution < 1.29 is 13.9 Å². The third-order valence-corrected chi connectivity index (χ3v) is 17.7. The number of aryl methyl sites for hydroxylation is 1. The Morgan fingerprint density at radius 3 is 1.94 bits per heavy atom. The lowest BCUT2D eigenvalue weighted by Crippen LogP contribution is -2.48. The van der Waals surface area contributed by atoms with Crippen molar-refractivity contribution in [1.82, 2.24) is 0 Å². The quantitative estimate of drug-likeness (QED) is 0.170. The van der Waals surface area contributed by atoms with E-state index in [0.717, 1.165) is 31.0 Å².